The molecule has 0 fully saturated rings. The highest BCUT2D eigenvalue weighted by atomic mass is 79.9. The van der Waals surface area contributed by atoms with Gasteiger partial charge in [-0.3, -0.25) is 0 Å². The third-order valence-electron chi connectivity index (χ3n) is 2.71. The number of hydrogen-bond acceptors (Lipinski definition) is 2. The van der Waals surface area contributed by atoms with Crippen molar-refractivity contribution in [2.75, 3.05) is 13.2 Å². The van der Waals surface area contributed by atoms with Crippen LogP contribution in [0.15, 0.2) is 16.6 Å². The fourth-order valence-electron chi connectivity index (χ4n) is 1.87. The SMILES string of the molecule is CC#CCCOc1c(C)cc(Br)cc1CNCCC. The van der Waals surface area contributed by atoms with Gasteiger partial charge < -0.3 is 10.1 Å². The first kappa shape index (κ1) is 16.1. The highest BCUT2D eigenvalue weighted by Crippen LogP contribution is 2.28. The molecule has 0 unspecified atom stereocenters. The van der Waals surface area contributed by atoms with E-state index in [1.165, 1.54) is 5.56 Å². The average molecular weight is 324 g/mol. The minimum atomic E-state index is 0.643. The van der Waals surface area contributed by atoms with E-state index in [1.54, 1.807) is 0 Å². The van der Waals surface area contributed by atoms with Crippen LogP contribution in [0.25, 0.3) is 0 Å². The number of ether oxygens (including phenoxy) is 1. The van der Waals surface area contributed by atoms with Gasteiger partial charge in [-0.25, -0.2) is 0 Å². The van der Waals surface area contributed by atoms with Crippen molar-refractivity contribution in [3.8, 4) is 17.6 Å². The van der Waals surface area contributed by atoms with Crippen molar-refractivity contribution >= 4 is 15.9 Å². The molecule has 0 amide bonds. The Hall–Kier alpha value is -0.980. The molecule has 0 radical (unpaired) electrons. The highest BCUT2D eigenvalue weighted by molar-refractivity contribution is 9.10. The Kier molecular flexibility index (Phi) is 7.62. The summed E-state index contributed by atoms with van der Waals surface area (Å²) in [6.45, 7) is 8.60. The standard InChI is InChI=1S/C16H22BrNO/c1-4-6-7-9-19-16-13(3)10-15(17)11-14(16)12-18-8-5-2/h10-11,18H,5,7-9,12H2,1-3H3. The lowest BCUT2D eigenvalue weighted by atomic mass is 10.1. The topological polar surface area (TPSA) is 21.3 Å². The third kappa shape index (κ3) is 5.67. The summed E-state index contributed by atoms with van der Waals surface area (Å²) in [4.78, 5) is 0. The molecule has 0 bridgehead atoms. The van der Waals surface area contributed by atoms with E-state index in [-0.39, 0.29) is 0 Å². The summed E-state index contributed by atoms with van der Waals surface area (Å²) in [6.07, 6.45) is 1.91. The van der Waals surface area contributed by atoms with E-state index in [1.807, 2.05) is 6.92 Å². The van der Waals surface area contributed by atoms with Crippen molar-refractivity contribution in [3.05, 3.63) is 27.7 Å². The fourth-order valence-corrected chi connectivity index (χ4v) is 2.49. The molecule has 1 aromatic rings. The Morgan fingerprint density at radius 2 is 2.16 bits per heavy atom. The largest absolute Gasteiger partial charge is 0.492 e. The van der Waals surface area contributed by atoms with Crippen LogP contribution >= 0.6 is 15.9 Å². The van der Waals surface area contributed by atoms with Crippen LogP contribution in [0.4, 0.5) is 0 Å². The highest BCUT2D eigenvalue weighted by Gasteiger charge is 2.08. The van der Waals surface area contributed by atoms with Gasteiger partial charge in [0, 0.05) is 23.0 Å². The molecule has 0 aliphatic carbocycles. The van der Waals surface area contributed by atoms with Gasteiger partial charge >= 0.3 is 0 Å². The fraction of sp³-hybridized carbons (Fsp3) is 0.500. The second kappa shape index (κ2) is 9.01. The van der Waals surface area contributed by atoms with Crippen LogP contribution in [0, 0.1) is 18.8 Å². The molecule has 0 aliphatic heterocycles. The maximum Gasteiger partial charge on any atom is 0.126 e. The van der Waals surface area contributed by atoms with Crippen LogP contribution in [-0.4, -0.2) is 13.2 Å². The quantitative estimate of drug-likeness (QED) is 0.603. The number of benzene rings is 1. The Morgan fingerprint density at radius 3 is 2.84 bits per heavy atom. The number of aryl methyl sites for hydroxylation is 1. The molecule has 2 nitrogen and oxygen atoms in total. The predicted molar refractivity (Wildman–Crippen MR) is 84.4 cm³/mol. The molecule has 19 heavy (non-hydrogen) atoms. The van der Waals surface area contributed by atoms with Crippen molar-refractivity contribution in [2.45, 2.75) is 40.2 Å². The van der Waals surface area contributed by atoms with Gasteiger partial charge in [-0.2, -0.15) is 0 Å². The molecule has 0 spiro atoms. The summed E-state index contributed by atoms with van der Waals surface area (Å²) in [7, 11) is 0. The summed E-state index contributed by atoms with van der Waals surface area (Å²) in [5.74, 6) is 6.90. The van der Waals surface area contributed by atoms with E-state index in [4.69, 9.17) is 4.74 Å². The average Bonchev–Trinajstić information content (AvgIpc) is 2.37. The van der Waals surface area contributed by atoms with Gasteiger partial charge in [0.25, 0.3) is 0 Å². The van der Waals surface area contributed by atoms with E-state index in [0.717, 1.165) is 41.7 Å². The van der Waals surface area contributed by atoms with Crippen LogP contribution < -0.4 is 10.1 Å². The normalized spacial score (nSPS) is 9.89. The molecule has 0 aromatic heterocycles. The Bertz CT molecular complexity index is 460. The molecular weight excluding hydrogens is 302 g/mol. The number of nitrogens with one attached hydrogen (secondary N) is 1. The van der Waals surface area contributed by atoms with Gasteiger partial charge in [0.1, 0.15) is 5.75 Å². The Morgan fingerprint density at radius 1 is 1.37 bits per heavy atom. The lowest BCUT2D eigenvalue weighted by molar-refractivity contribution is 0.320. The van der Waals surface area contributed by atoms with Gasteiger partial charge in [-0.1, -0.05) is 22.9 Å². The van der Waals surface area contributed by atoms with E-state index in [9.17, 15) is 0 Å². The smallest absolute Gasteiger partial charge is 0.126 e. The first-order valence-corrected chi connectivity index (χ1v) is 7.50. The molecule has 1 aromatic carbocycles. The van der Waals surface area contributed by atoms with Crippen molar-refractivity contribution < 1.29 is 4.74 Å². The van der Waals surface area contributed by atoms with E-state index >= 15 is 0 Å². The number of halogens is 1. The van der Waals surface area contributed by atoms with E-state index < -0.39 is 0 Å². The van der Waals surface area contributed by atoms with Gasteiger partial charge in [-0.15, -0.1) is 11.8 Å². The van der Waals surface area contributed by atoms with Crippen molar-refractivity contribution in [3.63, 3.8) is 0 Å². The monoisotopic (exact) mass is 323 g/mol. The Labute approximate surface area is 125 Å². The maximum absolute atomic E-state index is 5.89. The Balaban J connectivity index is 2.76. The van der Waals surface area contributed by atoms with Gasteiger partial charge in [0.05, 0.1) is 6.61 Å². The van der Waals surface area contributed by atoms with Crippen LogP contribution in [0.5, 0.6) is 5.75 Å². The summed E-state index contributed by atoms with van der Waals surface area (Å²) in [5, 5.41) is 3.42. The van der Waals surface area contributed by atoms with Crippen molar-refractivity contribution in [1.29, 1.82) is 0 Å². The first-order chi connectivity index (χ1) is 9.19. The van der Waals surface area contributed by atoms with Crippen LogP contribution in [0.2, 0.25) is 0 Å². The molecule has 0 atom stereocenters. The maximum atomic E-state index is 5.89. The van der Waals surface area contributed by atoms with Gasteiger partial charge in [0.15, 0.2) is 0 Å². The number of hydrogen-bond donors (Lipinski definition) is 1. The number of rotatable bonds is 7. The minimum Gasteiger partial charge on any atom is -0.492 e. The zero-order valence-electron chi connectivity index (χ0n) is 12.0. The van der Waals surface area contributed by atoms with Gasteiger partial charge in [-0.05, 0) is 44.5 Å². The molecule has 1 rings (SSSR count). The zero-order valence-corrected chi connectivity index (χ0v) is 13.6. The van der Waals surface area contributed by atoms with Crippen LogP contribution in [0.1, 0.15) is 37.8 Å². The third-order valence-corrected chi connectivity index (χ3v) is 3.17. The predicted octanol–water partition coefficient (Wildman–Crippen LogP) is 4.05. The second-order valence-electron chi connectivity index (χ2n) is 4.41. The molecule has 0 saturated heterocycles. The van der Waals surface area contributed by atoms with E-state index in [2.05, 4.69) is 59.1 Å². The van der Waals surface area contributed by atoms with Crippen molar-refractivity contribution in [1.82, 2.24) is 5.32 Å². The van der Waals surface area contributed by atoms with Crippen LogP contribution in [0.3, 0.4) is 0 Å². The molecular formula is C16H22BrNO. The van der Waals surface area contributed by atoms with Gasteiger partial charge in [0.2, 0.25) is 0 Å². The summed E-state index contributed by atoms with van der Waals surface area (Å²) in [6, 6.07) is 4.21. The summed E-state index contributed by atoms with van der Waals surface area (Å²) >= 11 is 3.54. The summed E-state index contributed by atoms with van der Waals surface area (Å²) in [5.41, 5.74) is 2.36. The first-order valence-electron chi connectivity index (χ1n) is 6.71. The summed E-state index contributed by atoms with van der Waals surface area (Å²) < 4.78 is 6.99. The molecule has 1 N–H and O–H groups in total. The van der Waals surface area contributed by atoms with Crippen LogP contribution in [-0.2, 0) is 6.54 Å². The van der Waals surface area contributed by atoms with E-state index in [0.29, 0.717) is 6.61 Å². The molecule has 104 valence electrons. The lowest BCUT2D eigenvalue weighted by Gasteiger charge is -2.15. The minimum absolute atomic E-state index is 0.643. The zero-order chi connectivity index (χ0) is 14.1. The molecule has 0 heterocycles. The lowest BCUT2D eigenvalue weighted by Crippen LogP contribution is -2.15. The molecule has 3 heteroatoms. The molecule has 0 saturated carbocycles. The second-order valence-corrected chi connectivity index (χ2v) is 5.33. The molecule has 0 aliphatic rings. The van der Waals surface area contributed by atoms with Crippen molar-refractivity contribution in [2.24, 2.45) is 0 Å².